The zero-order valence-corrected chi connectivity index (χ0v) is 10.8. The number of carbonyl (C=O) groups is 1. The first-order valence-electron chi connectivity index (χ1n) is 6.10. The molecule has 4 nitrogen and oxygen atoms in total. The molecule has 0 unspecified atom stereocenters. The van der Waals surface area contributed by atoms with Gasteiger partial charge in [-0.05, 0) is 12.0 Å². The number of amides is 1. The lowest BCUT2D eigenvalue weighted by molar-refractivity contribution is -0.173. The van der Waals surface area contributed by atoms with Crippen LogP contribution < -0.4 is 11.1 Å². The Bertz CT molecular complexity index is 410. The molecule has 1 rings (SSSR count). The third-order valence-electron chi connectivity index (χ3n) is 2.45. The van der Waals surface area contributed by atoms with Crippen LogP contribution in [0.5, 0.6) is 0 Å². The fraction of sp³-hybridized carbons (Fsp3) is 0.462. The maximum Gasteiger partial charge on any atom is 0.411 e. The largest absolute Gasteiger partial charge is 0.411 e. The first-order chi connectivity index (χ1) is 9.38. The van der Waals surface area contributed by atoms with E-state index in [9.17, 15) is 18.0 Å². The number of halogens is 3. The molecular weight excluding hydrogens is 273 g/mol. The number of carbonyl (C=O) groups excluding carboxylic acids is 1. The van der Waals surface area contributed by atoms with Crippen LogP contribution in [-0.4, -0.2) is 37.9 Å². The monoisotopic (exact) mass is 290 g/mol. The van der Waals surface area contributed by atoms with Gasteiger partial charge in [-0.15, -0.1) is 0 Å². The summed E-state index contributed by atoms with van der Waals surface area (Å²) in [6, 6.07) is 8.49. The molecule has 1 amide bonds. The van der Waals surface area contributed by atoms with Crippen molar-refractivity contribution in [1.82, 2.24) is 5.32 Å². The fourth-order valence-corrected chi connectivity index (χ4v) is 1.53. The van der Waals surface area contributed by atoms with Gasteiger partial charge in [-0.1, -0.05) is 30.3 Å². The summed E-state index contributed by atoms with van der Waals surface area (Å²) in [4.78, 5) is 11.6. The Labute approximate surface area is 115 Å². The zero-order valence-electron chi connectivity index (χ0n) is 10.8. The number of nitrogens with two attached hydrogens (primary N) is 1. The third-order valence-corrected chi connectivity index (χ3v) is 2.45. The molecule has 0 radical (unpaired) electrons. The van der Waals surface area contributed by atoms with E-state index in [0.29, 0.717) is 6.42 Å². The molecule has 112 valence electrons. The summed E-state index contributed by atoms with van der Waals surface area (Å²) in [6.07, 6.45) is -3.98. The summed E-state index contributed by atoms with van der Waals surface area (Å²) < 4.78 is 39.7. The summed E-state index contributed by atoms with van der Waals surface area (Å²) in [5.41, 5.74) is 6.62. The van der Waals surface area contributed by atoms with Crippen LogP contribution in [0.2, 0.25) is 0 Å². The third kappa shape index (κ3) is 7.10. The topological polar surface area (TPSA) is 64.4 Å². The summed E-state index contributed by atoms with van der Waals surface area (Å²) >= 11 is 0. The summed E-state index contributed by atoms with van der Waals surface area (Å²) in [6.45, 7) is -1.53. The lowest BCUT2D eigenvalue weighted by Crippen LogP contribution is -2.43. The quantitative estimate of drug-likeness (QED) is 0.743. The second kappa shape index (κ2) is 7.86. The number of alkyl halides is 3. The van der Waals surface area contributed by atoms with Gasteiger partial charge in [0.05, 0.1) is 12.6 Å². The first-order valence-corrected chi connectivity index (χ1v) is 6.10. The van der Waals surface area contributed by atoms with Gasteiger partial charge < -0.3 is 15.8 Å². The van der Waals surface area contributed by atoms with E-state index in [1.165, 1.54) is 0 Å². The van der Waals surface area contributed by atoms with Crippen LogP contribution in [0.1, 0.15) is 5.56 Å². The van der Waals surface area contributed by atoms with Gasteiger partial charge in [0.25, 0.3) is 0 Å². The highest BCUT2D eigenvalue weighted by Crippen LogP contribution is 2.13. The minimum absolute atomic E-state index is 0.00258. The van der Waals surface area contributed by atoms with Gasteiger partial charge in [0.15, 0.2) is 0 Å². The van der Waals surface area contributed by atoms with Crippen molar-refractivity contribution in [2.75, 3.05) is 19.8 Å². The van der Waals surface area contributed by atoms with Crippen molar-refractivity contribution >= 4 is 5.91 Å². The number of ether oxygens (including phenoxy) is 1. The molecule has 0 aliphatic heterocycles. The first kappa shape index (κ1) is 16.5. The molecule has 0 saturated carbocycles. The van der Waals surface area contributed by atoms with Crippen molar-refractivity contribution in [3.8, 4) is 0 Å². The Morgan fingerprint density at radius 2 is 1.95 bits per heavy atom. The molecule has 0 aliphatic carbocycles. The lowest BCUT2D eigenvalue weighted by Gasteiger charge is -2.13. The maximum atomic E-state index is 11.8. The van der Waals surface area contributed by atoms with Crippen LogP contribution in [0.3, 0.4) is 0 Å². The van der Waals surface area contributed by atoms with Crippen LogP contribution in [-0.2, 0) is 16.0 Å². The molecular formula is C13H17F3N2O2. The molecule has 0 saturated heterocycles. The van der Waals surface area contributed by atoms with E-state index in [4.69, 9.17) is 5.73 Å². The van der Waals surface area contributed by atoms with Crippen molar-refractivity contribution < 1.29 is 22.7 Å². The highest BCUT2D eigenvalue weighted by molar-refractivity contribution is 5.81. The molecule has 3 N–H and O–H groups in total. The van der Waals surface area contributed by atoms with Crippen LogP contribution >= 0.6 is 0 Å². The molecule has 0 heterocycles. The van der Waals surface area contributed by atoms with Crippen LogP contribution in [0.25, 0.3) is 0 Å². The fourth-order valence-electron chi connectivity index (χ4n) is 1.53. The minimum Gasteiger partial charge on any atom is -0.370 e. The standard InChI is InChI=1S/C13H17F3N2O2/c14-13(15,16)9-20-7-6-18-12(19)11(17)8-10-4-2-1-3-5-10/h1-5,11H,6-9,17H2,(H,18,19)/t11-/m1/s1. The van der Waals surface area contributed by atoms with Crippen LogP contribution in [0.15, 0.2) is 30.3 Å². The SMILES string of the molecule is N[C@H](Cc1ccccc1)C(=O)NCCOCC(F)(F)F. The number of hydrogen-bond donors (Lipinski definition) is 2. The van der Waals surface area contributed by atoms with Gasteiger partial charge in [-0.3, -0.25) is 4.79 Å². The average Bonchev–Trinajstić information content (AvgIpc) is 2.38. The Kier molecular flexibility index (Phi) is 6.47. The van der Waals surface area contributed by atoms with Crippen molar-refractivity contribution in [3.05, 3.63) is 35.9 Å². The van der Waals surface area contributed by atoms with E-state index < -0.39 is 24.7 Å². The van der Waals surface area contributed by atoms with E-state index in [2.05, 4.69) is 10.1 Å². The highest BCUT2D eigenvalue weighted by atomic mass is 19.4. The van der Waals surface area contributed by atoms with Crippen molar-refractivity contribution in [1.29, 1.82) is 0 Å². The lowest BCUT2D eigenvalue weighted by atomic mass is 10.1. The molecule has 0 spiro atoms. The molecule has 0 fully saturated rings. The molecule has 0 bridgehead atoms. The zero-order chi connectivity index (χ0) is 15.0. The van der Waals surface area contributed by atoms with E-state index >= 15 is 0 Å². The molecule has 1 aromatic rings. The van der Waals surface area contributed by atoms with Crippen molar-refractivity contribution in [2.45, 2.75) is 18.6 Å². The Morgan fingerprint density at radius 1 is 1.30 bits per heavy atom. The summed E-state index contributed by atoms with van der Waals surface area (Å²) in [5.74, 6) is -0.413. The average molecular weight is 290 g/mol. The van der Waals surface area contributed by atoms with Gasteiger partial charge >= 0.3 is 6.18 Å². The predicted octanol–water partition coefficient (Wildman–Crippen LogP) is 1.25. The predicted molar refractivity (Wildman–Crippen MR) is 68.0 cm³/mol. The highest BCUT2D eigenvalue weighted by Gasteiger charge is 2.27. The Balaban J connectivity index is 2.19. The summed E-state index contributed by atoms with van der Waals surface area (Å²) in [7, 11) is 0. The van der Waals surface area contributed by atoms with Gasteiger partial charge in [-0.2, -0.15) is 13.2 Å². The van der Waals surface area contributed by atoms with Crippen LogP contribution in [0, 0.1) is 0 Å². The number of hydrogen-bond acceptors (Lipinski definition) is 3. The van der Waals surface area contributed by atoms with Gasteiger partial charge in [0, 0.05) is 6.54 Å². The Hall–Kier alpha value is -1.60. The van der Waals surface area contributed by atoms with E-state index in [1.807, 2.05) is 30.3 Å². The van der Waals surface area contributed by atoms with Crippen LogP contribution in [0.4, 0.5) is 13.2 Å². The van der Waals surface area contributed by atoms with Crippen molar-refractivity contribution in [3.63, 3.8) is 0 Å². The summed E-state index contributed by atoms with van der Waals surface area (Å²) in [5, 5.41) is 2.43. The van der Waals surface area contributed by atoms with E-state index in [0.717, 1.165) is 5.56 Å². The number of benzene rings is 1. The van der Waals surface area contributed by atoms with Gasteiger partial charge in [0.1, 0.15) is 6.61 Å². The second-order valence-corrected chi connectivity index (χ2v) is 4.26. The van der Waals surface area contributed by atoms with Crippen molar-refractivity contribution in [2.24, 2.45) is 5.73 Å². The number of nitrogens with one attached hydrogen (secondary N) is 1. The number of rotatable bonds is 7. The molecule has 0 aliphatic rings. The Morgan fingerprint density at radius 3 is 2.55 bits per heavy atom. The van der Waals surface area contributed by atoms with E-state index in [-0.39, 0.29) is 13.2 Å². The molecule has 1 aromatic carbocycles. The van der Waals surface area contributed by atoms with E-state index in [1.54, 1.807) is 0 Å². The molecule has 7 heteroatoms. The minimum atomic E-state index is -4.35. The van der Waals surface area contributed by atoms with Gasteiger partial charge in [-0.25, -0.2) is 0 Å². The van der Waals surface area contributed by atoms with Gasteiger partial charge in [0.2, 0.25) is 5.91 Å². The molecule has 0 aromatic heterocycles. The maximum absolute atomic E-state index is 11.8. The normalized spacial score (nSPS) is 13.0. The smallest absolute Gasteiger partial charge is 0.370 e. The molecule has 1 atom stereocenters. The second-order valence-electron chi connectivity index (χ2n) is 4.26. The molecule has 20 heavy (non-hydrogen) atoms.